The Morgan fingerprint density at radius 3 is 2.33 bits per heavy atom. The van der Waals surface area contributed by atoms with Gasteiger partial charge in [-0.15, -0.1) is 0 Å². The van der Waals surface area contributed by atoms with Gasteiger partial charge in [0.15, 0.2) is 0 Å². The van der Waals surface area contributed by atoms with E-state index in [1.807, 2.05) is 31.2 Å². The number of aliphatic hydroxyl groups excluding tert-OH is 1. The number of amides is 1. The van der Waals surface area contributed by atoms with Gasteiger partial charge in [-0.25, -0.2) is 0 Å². The highest BCUT2D eigenvalue weighted by molar-refractivity contribution is 6.46. The van der Waals surface area contributed by atoms with Crippen molar-refractivity contribution in [1.82, 2.24) is 9.80 Å². The van der Waals surface area contributed by atoms with Crippen LogP contribution in [0.5, 0.6) is 11.5 Å². The van der Waals surface area contributed by atoms with Crippen LogP contribution in [-0.4, -0.2) is 65.0 Å². The van der Waals surface area contributed by atoms with Gasteiger partial charge in [0, 0.05) is 12.6 Å². The predicted molar refractivity (Wildman–Crippen MR) is 127 cm³/mol. The molecule has 1 atom stereocenters. The second-order valence-corrected chi connectivity index (χ2v) is 8.17. The molecule has 3 rings (SSSR count). The fourth-order valence-corrected chi connectivity index (χ4v) is 4.19. The van der Waals surface area contributed by atoms with Crippen molar-refractivity contribution in [3.05, 3.63) is 64.7 Å². The summed E-state index contributed by atoms with van der Waals surface area (Å²) in [7, 11) is 1.47. The van der Waals surface area contributed by atoms with Gasteiger partial charge < -0.3 is 24.7 Å². The number of carbonyl (C=O) groups is 2. The van der Waals surface area contributed by atoms with Gasteiger partial charge in [0.25, 0.3) is 11.7 Å². The van der Waals surface area contributed by atoms with Gasteiger partial charge in [-0.1, -0.05) is 43.7 Å². The number of hydrogen-bond acceptors (Lipinski definition) is 6. The van der Waals surface area contributed by atoms with Crippen LogP contribution in [0.1, 0.15) is 43.0 Å². The number of carbonyl (C=O) groups excluding carboxylic acids is 2. The molecule has 0 aromatic heterocycles. The Hall–Kier alpha value is -3.32. The van der Waals surface area contributed by atoms with E-state index in [4.69, 9.17) is 4.74 Å². The minimum absolute atomic E-state index is 0.0211. The van der Waals surface area contributed by atoms with Crippen LogP contribution in [0.3, 0.4) is 0 Å². The van der Waals surface area contributed by atoms with E-state index in [0.29, 0.717) is 18.7 Å². The van der Waals surface area contributed by atoms with Crippen molar-refractivity contribution in [3.8, 4) is 11.5 Å². The first-order valence-corrected chi connectivity index (χ1v) is 11.3. The molecular weight excluding hydrogens is 420 g/mol. The van der Waals surface area contributed by atoms with E-state index in [0.717, 1.165) is 30.8 Å². The lowest BCUT2D eigenvalue weighted by molar-refractivity contribution is -0.140. The van der Waals surface area contributed by atoms with Gasteiger partial charge in [-0.3, -0.25) is 9.59 Å². The van der Waals surface area contributed by atoms with Crippen LogP contribution in [0.2, 0.25) is 0 Å². The smallest absolute Gasteiger partial charge is 0.295 e. The highest BCUT2D eigenvalue weighted by Gasteiger charge is 2.46. The van der Waals surface area contributed by atoms with Gasteiger partial charge in [0.1, 0.15) is 17.3 Å². The van der Waals surface area contributed by atoms with Crippen LogP contribution >= 0.6 is 0 Å². The zero-order chi connectivity index (χ0) is 24.1. The molecule has 2 aromatic rings. The lowest BCUT2D eigenvalue weighted by atomic mass is 9.94. The highest BCUT2D eigenvalue weighted by Crippen LogP contribution is 2.41. The zero-order valence-electron chi connectivity index (χ0n) is 19.7. The maximum Gasteiger partial charge on any atom is 0.295 e. The van der Waals surface area contributed by atoms with Gasteiger partial charge in [0.05, 0.1) is 24.3 Å². The van der Waals surface area contributed by atoms with Crippen molar-refractivity contribution >= 4 is 17.4 Å². The topological polar surface area (TPSA) is 90.3 Å². The number of likely N-dealkylation sites (tertiary alicyclic amines) is 1. The quantitative estimate of drug-likeness (QED) is 0.341. The maximum absolute atomic E-state index is 13.1. The molecule has 0 spiro atoms. The molecular formula is C26H32N2O5. The van der Waals surface area contributed by atoms with E-state index in [-0.39, 0.29) is 16.9 Å². The SMILES string of the molecule is CCN(CC)CCCN1C(=O)C(=O)/C(=C(/O)c2ccc(OC)cc2O)C1c1ccc(C)cc1. The number of phenols is 1. The van der Waals surface area contributed by atoms with E-state index in [2.05, 4.69) is 18.7 Å². The normalized spacial score (nSPS) is 17.7. The molecule has 1 aliphatic heterocycles. The molecule has 0 bridgehead atoms. The van der Waals surface area contributed by atoms with Crippen molar-refractivity contribution in [1.29, 1.82) is 0 Å². The van der Waals surface area contributed by atoms with Crippen molar-refractivity contribution in [2.45, 2.75) is 33.2 Å². The fourth-order valence-electron chi connectivity index (χ4n) is 4.19. The number of Topliss-reactive ketones (excluding diaryl/α,β-unsaturated/α-hetero) is 1. The zero-order valence-corrected chi connectivity index (χ0v) is 19.7. The third-order valence-electron chi connectivity index (χ3n) is 6.16. The number of methoxy groups -OCH3 is 1. The van der Waals surface area contributed by atoms with E-state index >= 15 is 0 Å². The molecule has 1 saturated heterocycles. The molecule has 7 heteroatoms. The molecule has 2 N–H and O–H groups in total. The van der Waals surface area contributed by atoms with E-state index < -0.39 is 23.5 Å². The van der Waals surface area contributed by atoms with Crippen molar-refractivity contribution in [3.63, 3.8) is 0 Å². The molecule has 1 unspecified atom stereocenters. The third kappa shape index (κ3) is 5.03. The number of rotatable bonds is 9. The number of aryl methyl sites for hydroxylation is 1. The summed E-state index contributed by atoms with van der Waals surface area (Å²) in [6, 6.07) is 11.2. The molecule has 0 saturated carbocycles. The molecule has 0 radical (unpaired) electrons. The Balaban J connectivity index is 2.05. The van der Waals surface area contributed by atoms with Gasteiger partial charge >= 0.3 is 0 Å². The van der Waals surface area contributed by atoms with Crippen LogP contribution in [0.25, 0.3) is 5.76 Å². The summed E-state index contributed by atoms with van der Waals surface area (Å²) in [5, 5.41) is 21.5. The summed E-state index contributed by atoms with van der Waals surface area (Å²) in [4.78, 5) is 29.9. The Kier molecular flexibility index (Phi) is 7.76. The molecule has 176 valence electrons. The number of nitrogens with zero attached hydrogens (tertiary/aromatic N) is 2. The number of ether oxygens (including phenoxy) is 1. The summed E-state index contributed by atoms with van der Waals surface area (Å²) >= 11 is 0. The lowest BCUT2D eigenvalue weighted by Gasteiger charge is -2.27. The first-order valence-electron chi connectivity index (χ1n) is 11.3. The predicted octanol–water partition coefficient (Wildman–Crippen LogP) is 3.86. The summed E-state index contributed by atoms with van der Waals surface area (Å²) in [5.74, 6) is -1.62. The van der Waals surface area contributed by atoms with Gasteiger partial charge in [0.2, 0.25) is 0 Å². The van der Waals surface area contributed by atoms with Crippen LogP contribution in [0.15, 0.2) is 48.0 Å². The number of aliphatic hydroxyl groups is 1. The maximum atomic E-state index is 13.1. The first-order chi connectivity index (χ1) is 15.8. The van der Waals surface area contributed by atoms with Crippen molar-refractivity contribution in [2.24, 2.45) is 0 Å². The van der Waals surface area contributed by atoms with Crippen molar-refractivity contribution in [2.75, 3.05) is 33.3 Å². The third-order valence-corrected chi connectivity index (χ3v) is 6.16. The standard InChI is InChI=1S/C26H32N2O5/c1-5-27(6-2)14-7-15-28-23(18-10-8-17(3)9-11-18)22(25(31)26(28)32)24(30)20-13-12-19(33-4)16-21(20)29/h8-13,16,23,29-30H,5-7,14-15H2,1-4H3/b24-22+. The molecule has 1 aliphatic rings. The number of phenolic OH excluding ortho intramolecular Hbond substituents is 1. The molecule has 2 aromatic carbocycles. The van der Waals surface area contributed by atoms with Gasteiger partial charge in [-0.05, 0) is 50.7 Å². The average molecular weight is 453 g/mol. The fraction of sp³-hybridized carbons (Fsp3) is 0.385. The number of benzene rings is 2. The second-order valence-electron chi connectivity index (χ2n) is 8.17. The molecule has 33 heavy (non-hydrogen) atoms. The van der Waals surface area contributed by atoms with E-state index in [1.54, 1.807) is 6.07 Å². The van der Waals surface area contributed by atoms with Crippen LogP contribution in [0, 0.1) is 6.92 Å². The summed E-state index contributed by atoms with van der Waals surface area (Å²) < 4.78 is 5.10. The monoisotopic (exact) mass is 452 g/mol. The molecule has 1 fully saturated rings. The Morgan fingerprint density at radius 2 is 1.76 bits per heavy atom. The van der Waals surface area contributed by atoms with Crippen molar-refractivity contribution < 1.29 is 24.5 Å². The molecule has 1 amide bonds. The Labute approximate surface area is 194 Å². The van der Waals surface area contributed by atoms with E-state index in [1.165, 1.54) is 24.1 Å². The Morgan fingerprint density at radius 1 is 1.09 bits per heavy atom. The minimum Gasteiger partial charge on any atom is -0.507 e. The highest BCUT2D eigenvalue weighted by atomic mass is 16.5. The molecule has 0 aliphatic carbocycles. The summed E-state index contributed by atoms with van der Waals surface area (Å²) in [6.45, 7) is 9.13. The molecule has 7 nitrogen and oxygen atoms in total. The number of hydrogen-bond donors (Lipinski definition) is 2. The Bertz CT molecular complexity index is 1040. The van der Waals surface area contributed by atoms with Crippen LogP contribution < -0.4 is 4.74 Å². The summed E-state index contributed by atoms with van der Waals surface area (Å²) in [5.41, 5.74) is 1.84. The largest absolute Gasteiger partial charge is 0.507 e. The molecule has 1 heterocycles. The number of aromatic hydroxyl groups is 1. The average Bonchev–Trinajstić information content (AvgIpc) is 3.06. The van der Waals surface area contributed by atoms with Gasteiger partial charge in [-0.2, -0.15) is 0 Å². The lowest BCUT2D eigenvalue weighted by Crippen LogP contribution is -2.33. The first kappa shape index (κ1) is 24.3. The van der Waals surface area contributed by atoms with E-state index in [9.17, 15) is 19.8 Å². The second kappa shape index (κ2) is 10.5. The van der Waals surface area contributed by atoms with Crippen LogP contribution in [0.4, 0.5) is 0 Å². The minimum atomic E-state index is -0.754. The number of ketones is 1. The summed E-state index contributed by atoms with van der Waals surface area (Å²) in [6.07, 6.45) is 0.699. The van der Waals surface area contributed by atoms with Crippen LogP contribution in [-0.2, 0) is 9.59 Å².